The molecule has 4 aromatic rings. The molecule has 0 saturated carbocycles. The van der Waals surface area contributed by atoms with E-state index >= 15 is 4.39 Å². The molecule has 2 atom stereocenters. The second-order valence-corrected chi connectivity index (χ2v) is 8.41. The normalized spacial score (nSPS) is 18.8. The van der Waals surface area contributed by atoms with Crippen molar-refractivity contribution in [2.75, 3.05) is 5.32 Å². The van der Waals surface area contributed by atoms with Crippen LogP contribution in [-0.4, -0.2) is 14.8 Å². The number of anilines is 1. The highest BCUT2D eigenvalue weighted by Gasteiger charge is 2.42. The zero-order valence-corrected chi connectivity index (χ0v) is 18.0. The van der Waals surface area contributed by atoms with Gasteiger partial charge < -0.3 is 10.1 Å². The number of hydrogen-bond donors (Lipinski definition) is 1. The summed E-state index contributed by atoms with van der Waals surface area (Å²) in [6, 6.07) is 19.0. The summed E-state index contributed by atoms with van der Waals surface area (Å²) in [6.45, 7) is 0. The molecule has 6 rings (SSSR count). The van der Waals surface area contributed by atoms with Gasteiger partial charge >= 0.3 is 0 Å². The van der Waals surface area contributed by atoms with Crippen LogP contribution in [0.1, 0.15) is 28.8 Å². The van der Waals surface area contributed by atoms with E-state index in [1.54, 1.807) is 28.9 Å². The Balaban J connectivity index is 1.68. The minimum atomic E-state index is -0.599. The van der Waals surface area contributed by atoms with Crippen molar-refractivity contribution in [3.63, 3.8) is 0 Å². The van der Waals surface area contributed by atoms with Crippen LogP contribution in [0.25, 0.3) is 5.70 Å². The van der Waals surface area contributed by atoms with Gasteiger partial charge in [0.05, 0.1) is 5.70 Å². The lowest BCUT2D eigenvalue weighted by Gasteiger charge is -2.39. The molecule has 3 aromatic carbocycles. The van der Waals surface area contributed by atoms with E-state index in [0.29, 0.717) is 27.3 Å². The van der Waals surface area contributed by atoms with Gasteiger partial charge in [0.25, 0.3) is 0 Å². The summed E-state index contributed by atoms with van der Waals surface area (Å²) in [7, 11) is 0. The first-order valence-electron chi connectivity index (χ1n) is 9.98. The molecule has 0 saturated heterocycles. The van der Waals surface area contributed by atoms with Crippen molar-refractivity contribution in [3.05, 3.63) is 111 Å². The van der Waals surface area contributed by atoms with E-state index in [4.69, 9.17) is 27.9 Å². The predicted octanol–water partition coefficient (Wildman–Crippen LogP) is 6.28. The lowest BCUT2D eigenvalue weighted by molar-refractivity contribution is 0.222. The molecule has 1 N–H and O–H groups in total. The summed E-state index contributed by atoms with van der Waals surface area (Å²) < 4.78 is 23.3. The molecular formula is C24H15Cl2FN4O. The van der Waals surface area contributed by atoms with Crippen LogP contribution in [0.4, 0.5) is 10.3 Å². The van der Waals surface area contributed by atoms with Crippen LogP contribution >= 0.6 is 23.2 Å². The second-order valence-electron chi connectivity index (χ2n) is 7.57. The van der Waals surface area contributed by atoms with E-state index < -0.39 is 12.1 Å². The maximum atomic E-state index is 15.1. The highest BCUT2D eigenvalue weighted by Crippen LogP contribution is 2.52. The smallest absolute Gasteiger partial charge is 0.226 e. The molecule has 0 fully saturated rings. The zero-order valence-electron chi connectivity index (χ0n) is 16.5. The monoisotopic (exact) mass is 464 g/mol. The van der Waals surface area contributed by atoms with E-state index in [1.165, 1.54) is 12.4 Å². The van der Waals surface area contributed by atoms with Gasteiger partial charge in [-0.25, -0.2) is 9.07 Å². The Morgan fingerprint density at radius 1 is 0.969 bits per heavy atom. The Kier molecular flexibility index (Phi) is 4.45. The van der Waals surface area contributed by atoms with Crippen LogP contribution in [0, 0.1) is 5.82 Å². The van der Waals surface area contributed by atoms with Crippen LogP contribution < -0.4 is 10.1 Å². The SMILES string of the molecule is Fc1ccccc1[C@H]1C2=C(Nc3ncnn31)c1cc(Cl)ccc1O[C@@H]2c1ccccc1Cl. The minimum Gasteiger partial charge on any atom is -0.480 e. The van der Waals surface area contributed by atoms with Gasteiger partial charge in [0.2, 0.25) is 5.95 Å². The van der Waals surface area contributed by atoms with Crippen LogP contribution in [0.5, 0.6) is 5.75 Å². The molecule has 2 aliphatic heterocycles. The molecule has 0 spiro atoms. The van der Waals surface area contributed by atoms with Crippen molar-refractivity contribution in [1.29, 1.82) is 0 Å². The number of ether oxygens (including phenoxy) is 1. The zero-order chi connectivity index (χ0) is 21.8. The summed E-state index contributed by atoms with van der Waals surface area (Å²) in [6.07, 6.45) is 0.862. The summed E-state index contributed by atoms with van der Waals surface area (Å²) in [5, 5.41) is 8.88. The average Bonchev–Trinajstić information content (AvgIpc) is 3.27. The number of rotatable bonds is 2. The van der Waals surface area contributed by atoms with Gasteiger partial charge in [0.1, 0.15) is 23.9 Å². The number of nitrogens with zero attached hydrogens (tertiary/aromatic N) is 3. The lowest BCUT2D eigenvalue weighted by atomic mass is 9.84. The van der Waals surface area contributed by atoms with Crippen molar-refractivity contribution in [2.24, 2.45) is 0 Å². The molecule has 0 amide bonds. The predicted molar refractivity (Wildman–Crippen MR) is 121 cm³/mol. The molecule has 0 bridgehead atoms. The molecular weight excluding hydrogens is 450 g/mol. The Hall–Kier alpha value is -3.35. The minimum absolute atomic E-state index is 0.345. The first-order chi connectivity index (χ1) is 15.6. The fraction of sp³-hybridized carbons (Fsp3) is 0.0833. The van der Waals surface area contributed by atoms with E-state index in [1.807, 2.05) is 36.4 Å². The molecule has 0 unspecified atom stereocenters. The van der Waals surface area contributed by atoms with Crippen LogP contribution in [-0.2, 0) is 0 Å². The van der Waals surface area contributed by atoms with Gasteiger partial charge in [0, 0.05) is 32.3 Å². The third-order valence-electron chi connectivity index (χ3n) is 5.76. The summed E-state index contributed by atoms with van der Waals surface area (Å²) in [4.78, 5) is 4.35. The molecule has 8 heteroatoms. The van der Waals surface area contributed by atoms with Crippen molar-refractivity contribution in [1.82, 2.24) is 14.8 Å². The number of fused-ring (bicyclic) bond motifs is 3. The van der Waals surface area contributed by atoms with E-state index in [9.17, 15) is 0 Å². The molecule has 3 heterocycles. The standard InChI is InChI=1S/C24H15Cl2FN4O/c25-13-9-10-19-16(11-13)21-20(23(32-19)14-5-1-3-7-17(14)26)22(15-6-2-4-8-18(15)27)31-24(30-21)28-12-29-31/h1-12,22-23H,(H,28,29,30)/t22-,23+/m0/s1. The van der Waals surface area contributed by atoms with Gasteiger partial charge in [-0.2, -0.15) is 10.1 Å². The van der Waals surface area contributed by atoms with Crippen molar-refractivity contribution < 1.29 is 9.13 Å². The average molecular weight is 465 g/mol. The highest BCUT2D eigenvalue weighted by atomic mass is 35.5. The lowest BCUT2D eigenvalue weighted by Crippen LogP contribution is -2.33. The first-order valence-corrected chi connectivity index (χ1v) is 10.7. The fourth-order valence-electron chi connectivity index (χ4n) is 4.38. The topological polar surface area (TPSA) is 52.0 Å². The number of hydrogen-bond acceptors (Lipinski definition) is 4. The molecule has 5 nitrogen and oxygen atoms in total. The van der Waals surface area contributed by atoms with Crippen LogP contribution in [0.3, 0.4) is 0 Å². The van der Waals surface area contributed by atoms with E-state index in [2.05, 4.69) is 15.4 Å². The van der Waals surface area contributed by atoms with Gasteiger partial charge in [-0.3, -0.25) is 0 Å². The summed E-state index contributed by atoms with van der Waals surface area (Å²) in [5.41, 5.74) is 3.53. The molecule has 1 aromatic heterocycles. The number of aromatic nitrogens is 3. The largest absolute Gasteiger partial charge is 0.480 e. The molecule has 32 heavy (non-hydrogen) atoms. The van der Waals surface area contributed by atoms with E-state index in [0.717, 1.165) is 22.4 Å². The fourth-order valence-corrected chi connectivity index (χ4v) is 4.79. The highest BCUT2D eigenvalue weighted by molar-refractivity contribution is 6.31. The maximum Gasteiger partial charge on any atom is 0.226 e. The number of halogens is 3. The number of nitrogens with one attached hydrogen (secondary N) is 1. The van der Waals surface area contributed by atoms with E-state index in [-0.39, 0.29) is 5.82 Å². The van der Waals surface area contributed by atoms with Crippen molar-refractivity contribution in [3.8, 4) is 5.75 Å². The Morgan fingerprint density at radius 2 is 1.75 bits per heavy atom. The maximum absolute atomic E-state index is 15.1. The van der Waals surface area contributed by atoms with Crippen LogP contribution in [0.2, 0.25) is 10.0 Å². The summed E-state index contributed by atoms with van der Waals surface area (Å²) >= 11 is 12.9. The Morgan fingerprint density at radius 3 is 2.56 bits per heavy atom. The molecule has 2 aliphatic rings. The summed E-state index contributed by atoms with van der Waals surface area (Å²) in [5.74, 6) is 0.802. The molecule has 158 valence electrons. The Bertz CT molecular complexity index is 1400. The molecule has 0 aliphatic carbocycles. The second kappa shape index (κ2) is 7.36. The number of benzene rings is 3. The van der Waals surface area contributed by atoms with Gasteiger partial charge in [-0.05, 0) is 30.3 Å². The third kappa shape index (κ3) is 2.91. The van der Waals surface area contributed by atoms with Gasteiger partial charge in [0.15, 0.2) is 6.10 Å². The van der Waals surface area contributed by atoms with Crippen molar-refractivity contribution >= 4 is 34.8 Å². The van der Waals surface area contributed by atoms with Crippen molar-refractivity contribution in [2.45, 2.75) is 12.1 Å². The van der Waals surface area contributed by atoms with Gasteiger partial charge in [-0.15, -0.1) is 0 Å². The molecule has 0 radical (unpaired) electrons. The quantitative estimate of drug-likeness (QED) is 0.379. The Labute approximate surface area is 193 Å². The van der Waals surface area contributed by atoms with Gasteiger partial charge in [-0.1, -0.05) is 59.6 Å². The first kappa shape index (κ1) is 19.3. The van der Waals surface area contributed by atoms with Crippen LogP contribution in [0.15, 0.2) is 78.6 Å². The third-order valence-corrected chi connectivity index (χ3v) is 6.34.